The minimum atomic E-state index is -0.293. The summed E-state index contributed by atoms with van der Waals surface area (Å²) in [6, 6.07) is 12.1. The van der Waals surface area contributed by atoms with E-state index in [4.69, 9.17) is 18.9 Å². The van der Waals surface area contributed by atoms with E-state index in [1.165, 1.54) is 12.5 Å². The first-order valence-electron chi connectivity index (χ1n) is 9.72. The predicted octanol–water partition coefficient (Wildman–Crippen LogP) is 4.56. The van der Waals surface area contributed by atoms with E-state index >= 15 is 0 Å². The fraction of sp³-hybridized carbons (Fsp3) is 0.435. The molecule has 0 aromatic heterocycles. The molecular formula is C23H28O5. The number of benzene rings is 2. The molecule has 5 nitrogen and oxygen atoms in total. The van der Waals surface area contributed by atoms with Crippen LogP contribution in [0.25, 0.3) is 0 Å². The molecule has 0 bridgehead atoms. The fourth-order valence-electron chi connectivity index (χ4n) is 3.35. The van der Waals surface area contributed by atoms with Crippen molar-refractivity contribution in [2.24, 2.45) is 0 Å². The standard InChI is InChI=1S/C23H28O5/c1-16-12-19(15-27-17(2)24)14-22(28-23-6-4-5-11-26-23)21(16)13-18-7-9-20(25-3)10-8-18/h7-10,12,14,23H,4-6,11,13,15H2,1-3H3. The molecule has 0 aliphatic carbocycles. The lowest BCUT2D eigenvalue weighted by molar-refractivity contribution is -0.142. The third-order valence-corrected chi connectivity index (χ3v) is 4.87. The molecule has 5 heteroatoms. The third kappa shape index (κ3) is 5.49. The molecule has 1 fully saturated rings. The van der Waals surface area contributed by atoms with Crippen LogP contribution in [0.5, 0.6) is 11.5 Å². The summed E-state index contributed by atoms with van der Waals surface area (Å²) < 4.78 is 22.4. The highest BCUT2D eigenvalue weighted by atomic mass is 16.7. The Kier molecular flexibility index (Phi) is 6.93. The maximum absolute atomic E-state index is 11.2. The number of methoxy groups -OCH3 is 1. The Morgan fingerprint density at radius 3 is 2.57 bits per heavy atom. The number of carbonyl (C=O) groups excluding carboxylic acids is 1. The van der Waals surface area contributed by atoms with Crippen LogP contribution in [0.4, 0.5) is 0 Å². The van der Waals surface area contributed by atoms with Crippen molar-refractivity contribution in [1.82, 2.24) is 0 Å². The van der Waals surface area contributed by atoms with Crippen LogP contribution in [0, 0.1) is 6.92 Å². The van der Waals surface area contributed by atoms with E-state index in [1.54, 1.807) is 7.11 Å². The van der Waals surface area contributed by atoms with E-state index in [1.807, 2.05) is 18.2 Å². The number of carbonyl (C=O) groups is 1. The van der Waals surface area contributed by atoms with Gasteiger partial charge in [0.15, 0.2) is 6.29 Å². The quantitative estimate of drug-likeness (QED) is 0.655. The van der Waals surface area contributed by atoms with Crippen molar-refractivity contribution < 1.29 is 23.7 Å². The number of aryl methyl sites for hydroxylation is 1. The molecule has 1 unspecified atom stereocenters. The van der Waals surface area contributed by atoms with Crippen molar-refractivity contribution in [3.05, 3.63) is 58.7 Å². The van der Waals surface area contributed by atoms with E-state index in [-0.39, 0.29) is 18.9 Å². The third-order valence-electron chi connectivity index (χ3n) is 4.87. The Balaban J connectivity index is 1.87. The number of esters is 1. The molecule has 1 aliphatic heterocycles. The number of rotatable bonds is 7. The van der Waals surface area contributed by atoms with Crippen LogP contribution in [0.2, 0.25) is 0 Å². The average molecular weight is 384 g/mol. The van der Waals surface area contributed by atoms with E-state index in [0.29, 0.717) is 0 Å². The fourth-order valence-corrected chi connectivity index (χ4v) is 3.35. The minimum Gasteiger partial charge on any atom is -0.497 e. The summed E-state index contributed by atoms with van der Waals surface area (Å²) in [6.07, 6.45) is 3.57. The lowest BCUT2D eigenvalue weighted by Gasteiger charge is -2.26. The Labute approximate surface area is 166 Å². The van der Waals surface area contributed by atoms with Gasteiger partial charge in [0.2, 0.25) is 0 Å². The first-order chi connectivity index (χ1) is 13.5. The van der Waals surface area contributed by atoms with Crippen LogP contribution in [0.1, 0.15) is 48.4 Å². The summed E-state index contributed by atoms with van der Waals surface area (Å²) in [5.41, 5.74) is 4.31. The lowest BCUT2D eigenvalue weighted by atomic mass is 9.97. The zero-order valence-electron chi connectivity index (χ0n) is 16.8. The molecule has 0 N–H and O–H groups in total. The van der Waals surface area contributed by atoms with Crippen molar-refractivity contribution in [1.29, 1.82) is 0 Å². The maximum atomic E-state index is 11.2. The molecule has 1 aliphatic rings. The Hall–Kier alpha value is -2.53. The first kappa shape index (κ1) is 20.2. The van der Waals surface area contributed by atoms with Gasteiger partial charge in [-0.2, -0.15) is 0 Å². The molecule has 1 heterocycles. The van der Waals surface area contributed by atoms with Crippen molar-refractivity contribution in [3.8, 4) is 11.5 Å². The van der Waals surface area contributed by atoms with Gasteiger partial charge in [0.25, 0.3) is 0 Å². The van der Waals surface area contributed by atoms with Crippen molar-refractivity contribution >= 4 is 5.97 Å². The highest BCUT2D eigenvalue weighted by Crippen LogP contribution is 2.30. The molecule has 3 rings (SSSR count). The molecular weight excluding hydrogens is 356 g/mol. The van der Waals surface area contributed by atoms with Crippen LogP contribution in [0.3, 0.4) is 0 Å². The van der Waals surface area contributed by atoms with Gasteiger partial charge in [-0.15, -0.1) is 0 Å². The summed E-state index contributed by atoms with van der Waals surface area (Å²) in [4.78, 5) is 11.2. The number of ether oxygens (including phenoxy) is 4. The normalized spacial score (nSPS) is 16.5. The summed E-state index contributed by atoms with van der Waals surface area (Å²) in [6.45, 7) is 4.44. The largest absolute Gasteiger partial charge is 0.497 e. The molecule has 0 spiro atoms. The van der Waals surface area contributed by atoms with Gasteiger partial charge in [-0.05, 0) is 54.7 Å². The molecule has 0 saturated carbocycles. The minimum absolute atomic E-state index is 0.230. The van der Waals surface area contributed by atoms with Crippen LogP contribution < -0.4 is 9.47 Å². The van der Waals surface area contributed by atoms with Gasteiger partial charge in [-0.25, -0.2) is 0 Å². The Morgan fingerprint density at radius 1 is 1.14 bits per heavy atom. The summed E-state index contributed by atoms with van der Waals surface area (Å²) >= 11 is 0. The van der Waals surface area contributed by atoms with Gasteiger partial charge in [-0.1, -0.05) is 18.2 Å². The van der Waals surface area contributed by atoms with Crippen molar-refractivity contribution in [2.45, 2.75) is 52.4 Å². The highest BCUT2D eigenvalue weighted by Gasteiger charge is 2.19. The second-order valence-corrected chi connectivity index (χ2v) is 7.11. The molecule has 2 aromatic rings. The van der Waals surface area contributed by atoms with E-state index in [0.717, 1.165) is 60.5 Å². The van der Waals surface area contributed by atoms with Gasteiger partial charge in [0, 0.05) is 25.3 Å². The molecule has 0 radical (unpaired) electrons. The smallest absolute Gasteiger partial charge is 0.302 e. The molecule has 28 heavy (non-hydrogen) atoms. The lowest BCUT2D eigenvalue weighted by Crippen LogP contribution is -2.25. The summed E-state index contributed by atoms with van der Waals surface area (Å²) in [5.74, 6) is 1.34. The summed E-state index contributed by atoms with van der Waals surface area (Å²) in [5, 5.41) is 0. The molecule has 2 aromatic carbocycles. The van der Waals surface area contributed by atoms with Gasteiger partial charge >= 0.3 is 5.97 Å². The van der Waals surface area contributed by atoms with Crippen LogP contribution in [-0.2, 0) is 27.3 Å². The van der Waals surface area contributed by atoms with Gasteiger partial charge in [0.05, 0.1) is 13.7 Å². The van der Waals surface area contributed by atoms with Crippen LogP contribution >= 0.6 is 0 Å². The molecule has 1 atom stereocenters. The number of hydrogen-bond donors (Lipinski definition) is 0. The van der Waals surface area contributed by atoms with E-state index in [2.05, 4.69) is 25.1 Å². The second-order valence-electron chi connectivity index (χ2n) is 7.11. The highest BCUT2D eigenvalue weighted by molar-refractivity contribution is 5.66. The Bertz CT molecular complexity index is 791. The topological polar surface area (TPSA) is 54.0 Å². The zero-order valence-corrected chi connectivity index (χ0v) is 16.8. The van der Waals surface area contributed by atoms with Gasteiger partial charge in [-0.3, -0.25) is 4.79 Å². The summed E-state index contributed by atoms with van der Waals surface area (Å²) in [7, 11) is 1.66. The van der Waals surface area contributed by atoms with Gasteiger partial charge in [0.1, 0.15) is 18.1 Å². The van der Waals surface area contributed by atoms with Crippen LogP contribution in [0.15, 0.2) is 36.4 Å². The van der Waals surface area contributed by atoms with Gasteiger partial charge < -0.3 is 18.9 Å². The molecule has 1 saturated heterocycles. The number of hydrogen-bond acceptors (Lipinski definition) is 5. The SMILES string of the molecule is COc1ccc(Cc2c(C)cc(COC(C)=O)cc2OC2CCCCO2)cc1. The van der Waals surface area contributed by atoms with E-state index in [9.17, 15) is 4.79 Å². The van der Waals surface area contributed by atoms with Crippen molar-refractivity contribution in [2.75, 3.05) is 13.7 Å². The molecule has 0 amide bonds. The average Bonchev–Trinajstić information content (AvgIpc) is 2.70. The monoisotopic (exact) mass is 384 g/mol. The van der Waals surface area contributed by atoms with Crippen LogP contribution in [-0.4, -0.2) is 26.0 Å². The zero-order chi connectivity index (χ0) is 19.9. The molecule has 150 valence electrons. The van der Waals surface area contributed by atoms with Crippen molar-refractivity contribution in [3.63, 3.8) is 0 Å². The predicted molar refractivity (Wildman–Crippen MR) is 107 cm³/mol. The van der Waals surface area contributed by atoms with E-state index < -0.39 is 0 Å². The Morgan fingerprint density at radius 2 is 1.93 bits per heavy atom. The second kappa shape index (κ2) is 9.60. The maximum Gasteiger partial charge on any atom is 0.302 e. The first-order valence-corrected chi connectivity index (χ1v) is 9.72.